The van der Waals surface area contributed by atoms with Crippen LogP contribution in [0.25, 0.3) is 11.1 Å². The number of anilines is 2. The fourth-order valence-electron chi connectivity index (χ4n) is 8.59. The van der Waals surface area contributed by atoms with Crippen molar-refractivity contribution in [3.05, 3.63) is 76.0 Å². The summed E-state index contributed by atoms with van der Waals surface area (Å²) in [5.41, 5.74) is 3.08. The summed E-state index contributed by atoms with van der Waals surface area (Å²) in [7, 11) is -3.63. The first-order chi connectivity index (χ1) is 26.1. The third kappa shape index (κ3) is 7.63. The summed E-state index contributed by atoms with van der Waals surface area (Å²) in [6.07, 6.45) is 8.81. The fourth-order valence-corrected chi connectivity index (χ4v) is 10.2. The highest BCUT2D eigenvalue weighted by Crippen LogP contribution is 2.35. The van der Waals surface area contributed by atoms with Gasteiger partial charge in [0.05, 0.1) is 27.8 Å². The highest BCUT2D eigenvalue weighted by Gasteiger charge is 2.34. The lowest BCUT2D eigenvalue weighted by Crippen LogP contribution is -2.43. The van der Waals surface area contributed by atoms with E-state index in [2.05, 4.69) is 30.4 Å². The zero-order chi connectivity index (χ0) is 37.4. The Balaban J connectivity index is 0.825. The van der Waals surface area contributed by atoms with Crippen LogP contribution in [0.15, 0.2) is 69.0 Å². The standard InChI is InChI=1S/C38H45ClN8O6S/c39-27-22-40-37(41-23-27)42-28-13-19-46(20-14-28)54(51,52)30-4-1-3-29(21-30)45-17-9-25(10-18-45)24-44-15-11-26(12-16-44)31-5-2-6-32-35(31)53-38(50)47(32)33-7-8-34(48)43-36(33)49/h1-6,21-23,25-26,28,33H,7-20,24H2,(H,40,41,42)(H,43,48,49). The largest absolute Gasteiger partial charge is 0.420 e. The van der Waals surface area contributed by atoms with Crippen molar-refractivity contribution < 1.29 is 22.4 Å². The number of sulfonamides is 1. The van der Waals surface area contributed by atoms with Crippen LogP contribution in [0.4, 0.5) is 11.6 Å². The quantitative estimate of drug-likeness (QED) is 0.232. The number of hydrogen-bond acceptors (Lipinski definition) is 11. The molecule has 4 saturated heterocycles. The Kier molecular flexibility index (Phi) is 10.5. The van der Waals surface area contributed by atoms with Gasteiger partial charge in [-0.25, -0.2) is 23.2 Å². The second-order valence-electron chi connectivity index (χ2n) is 15.0. The number of imide groups is 1. The molecule has 4 aliphatic rings. The minimum atomic E-state index is -3.63. The van der Waals surface area contributed by atoms with Crippen molar-refractivity contribution in [2.24, 2.45) is 5.92 Å². The number of aromatic nitrogens is 3. The van der Waals surface area contributed by atoms with Crippen LogP contribution in [-0.2, 0) is 19.6 Å². The summed E-state index contributed by atoms with van der Waals surface area (Å²) in [5, 5.41) is 6.10. The monoisotopic (exact) mass is 776 g/mol. The molecule has 6 heterocycles. The molecule has 0 saturated carbocycles. The van der Waals surface area contributed by atoms with Crippen molar-refractivity contribution in [1.29, 1.82) is 0 Å². The lowest BCUT2D eigenvalue weighted by atomic mass is 9.87. The number of fused-ring (bicyclic) bond motifs is 1. The van der Waals surface area contributed by atoms with Gasteiger partial charge in [0.25, 0.3) is 0 Å². The predicted octanol–water partition coefficient (Wildman–Crippen LogP) is 4.38. The molecule has 0 spiro atoms. The molecule has 1 atom stereocenters. The van der Waals surface area contributed by atoms with Gasteiger partial charge in [0.1, 0.15) is 6.04 Å². The van der Waals surface area contributed by atoms with Gasteiger partial charge >= 0.3 is 5.76 Å². The number of piperidine rings is 4. The number of nitrogens with zero attached hydrogens (tertiary/aromatic N) is 6. The van der Waals surface area contributed by atoms with Crippen molar-refractivity contribution in [3.8, 4) is 0 Å². The summed E-state index contributed by atoms with van der Waals surface area (Å²) in [6.45, 7) is 5.51. The Morgan fingerprint density at radius 3 is 2.31 bits per heavy atom. The van der Waals surface area contributed by atoms with E-state index in [1.54, 1.807) is 10.4 Å². The molecular formula is C38H45ClN8O6S. The van der Waals surface area contributed by atoms with Gasteiger partial charge in [0, 0.05) is 56.4 Å². The van der Waals surface area contributed by atoms with E-state index in [-0.39, 0.29) is 30.7 Å². The first-order valence-corrected chi connectivity index (χ1v) is 20.7. The van der Waals surface area contributed by atoms with Crippen LogP contribution in [0.5, 0.6) is 0 Å². The number of rotatable bonds is 9. The van der Waals surface area contributed by atoms with Gasteiger partial charge in [-0.2, -0.15) is 4.31 Å². The average molecular weight is 777 g/mol. The van der Waals surface area contributed by atoms with Gasteiger partial charge in [0.15, 0.2) is 5.58 Å². The minimum Gasteiger partial charge on any atom is -0.407 e. The first kappa shape index (κ1) is 36.7. The molecule has 0 radical (unpaired) electrons. The van der Waals surface area contributed by atoms with Gasteiger partial charge in [-0.3, -0.25) is 19.5 Å². The molecule has 14 nitrogen and oxygen atoms in total. The molecule has 16 heteroatoms. The Bertz CT molecular complexity index is 2170. The van der Waals surface area contributed by atoms with Crippen molar-refractivity contribution in [2.45, 2.75) is 74.3 Å². The summed E-state index contributed by atoms with van der Waals surface area (Å²) >= 11 is 5.89. The molecule has 2 amide bonds. The lowest BCUT2D eigenvalue weighted by Gasteiger charge is -2.38. The second kappa shape index (κ2) is 15.4. The third-order valence-electron chi connectivity index (χ3n) is 11.6. The summed E-state index contributed by atoms with van der Waals surface area (Å²) in [4.78, 5) is 50.8. The van der Waals surface area contributed by atoms with E-state index in [9.17, 15) is 22.8 Å². The van der Waals surface area contributed by atoms with Gasteiger partial charge in [-0.15, -0.1) is 0 Å². The Morgan fingerprint density at radius 2 is 1.59 bits per heavy atom. The number of carbonyl (C=O) groups is 2. The number of benzene rings is 2. The van der Waals surface area contributed by atoms with Crippen LogP contribution in [0.2, 0.25) is 5.02 Å². The van der Waals surface area contributed by atoms with Crippen LogP contribution >= 0.6 is 11.6 Å². The van der Waals surface area contributed by atoms with Crippen LogP contribution in [0, 0.1) is 5.92 Å². The number of carbonyl (C=O) groups excluding carboxylic acids is 2. The molecule has 2 aromatic heterocycles. The molecule has 0 aliphatic carbocycles. The molecule has 1 unspecified atom stereocenters. The fraction of sp³-hybridized carbons (Fsp3) is 0.500. The number of likely N-dealkylation sites (tertiary alicyclic amines) is 1. The maximum atomic E-state index is 13.7. The van der Waals surface area contributed by atoms with E-state index >= 15 is 0 Å². The molecule has 54 heavy (non-hydrogen) atoms. The van der Waals surface area contributed by atoms with E-state index in [0.717, 1.165) is 69.7 Å². The van der Waals surface area contributed by atoms with Crippen LogP contribution < -0.4 is 21.3 Å². The van der Waals surface area contributed by atoms with Crippen LogP contribution in [0.3, 0.4) is 0 Å². The van der Waals surface area contributed by atoms with Gasteiger partial charge in [-0.1, -0.05) is 29.8 Å². The van der Waals surface area contributed by atoms with Crippen molar-refractivity contribution in [3.63, 3.8) is 0 Å². The van der Waals surface area contributed by atoms with Crippen LogP contribution in [-0.4, -0.2) is 95.8 Å². The molecule has 286 valence electrons. The first-order valence-electron chi connectivity index (χ1n) is 18.9. The Hall–Kier alpha value is -4.31. The normalized spacial score (nSPS) is 21.8. The molecule has 8 rings (SSSR count). The number of halogens is 1. The van der Waals surface area contributed by atoms with E-state index in [4.69, 9.17) is 16.0 Å². The van der Waals surface area contributed by atoms with E-state index in [0.29, 0.717) is 58.8 Å². The summed E-state index contributed by atoms with van der Waals surface area (Å²) < 4.78 is 36.1. The molecule has 2 aromatic carbocycles. The highest BCUT2D eigenvalue weighted by atomic mass is 35.5. The Labute approximate surface area is 318 Å². The molecule has 4 aromatic rings. The predicted molar refractivity (Wildman–Crippen MR) is 204 cm³/mol. The van der Waals surface area contributed by atoms with Crippen molar-refractivity contribution in [2.75, 3.05) is 56.0 Å². The number of oxazole rings is 1. The van der Waals surface area contributed by atoms with E-state index < -0.39 is 27.7 Å². The highest BCUT2D eigenvalue weighted by molar-refractivity contribution is 7.89. The number of para-hydroxylation sites is 1. The second-order valence-corrected chi connectivity index (χ2v) is 17.3. The maximum absolute atomic E-state index is 13.7. The molecular weight excluding hydrogens is 732 g/mol. The number of nitrogens with one attached hydrogen (secondary N) is 2. The van der Waals surface area contributed by atoms with Crippen molar-refractivity contribution in [1.82, 2.24) is 29.1 Å². The number of hydrogen-bond donors (Lipinski definition) is 2. The van der Waals surface area contributed by atoms with Gasteiger partial charge in [0.2, 0.25) is 27.8 Å². The smallest absolute Gasteiger partial charge is 0.407 e. The molecule has 0 bridgehead atoms. The van der Waals surface area contributed by atoms with Gasteiger partial charge < -0.3 is 19.5 Å². The maximum Gasteiger partial charge on any atom is 0.420 e. The molecule has 4 fully saturated rings. The molecule has 2 N–H and O–H groups in total. The van der Waals surface area contributed by atoms with E-state index in [1.807, 2.05) is 36.4 Å². The Morgan fingerprint density at radius 1 is 0.870 bits per heavy atom. The summed E-state index contributed by atoms with van der Waals surface area (Å²) in [5.74, 6) is -0.0708. The minimum absolute atomic E-state index is 0.0858. The lowest BCUT2D eigenvalue weighted by molar-refractivity contribution is -0.135. The zero-order valence-electron chi connectivity index (χ0n) is 30.0. The third-order valence-corrected chi connectivity index (χ3v) is 13.7. The van der Waals surface area contributed by atoms with Crippen molar-refractivity contribution >= 4 is 56.2 Å². The average Bonchev–Trinajstić information content (AvgIpc) is 3.52. The topological polar surface area (TPSA) is 163 Å². The SMILES string of the molecule is O=C1CCC(n2c(=O)oc3c(C4CCN(CC5CCN(c6cccc(S(=O)(=O)N7CCC(Nc8ncc(Cl)cn8)CC7)c6)CC5)CC4)cccc32)C(=O)N1. The number of amides is 2. The van der Waals surface area contributed by atoms with Crippen LogP contribution in [0.1, 0.15) is 68.9 Å². The molecule has 4 aliphatic heterocycles. The van der Waals surface area contributed by atoms with E-state index in [1.165, 1.54) is 17.0 Å². The summed E-state index contributed by atoms with van der Waals surface area (Å²) in [6, 6.07) is 12.5. The van der Waals surface area contributed by atoms with Gasteiger partial charge in [-0.05, 0) is 94.1 Å². The zero-order valence-corrected chi connectivity index (χ0v) is 31.6.